The molecule has 1 N–H and O–H groups in total. The highest BCUT2D eigenvalue weighted by Gasteiger charge is 2.24. The van der Waals surface area contributed by atoms with Crippen molar-refractivity contribution in [3.8, 4) is 0 Å². The van der Waals surface area contributed by atoms with Crippen molar-refractivity contribution < 1.29 is 13.9 Å². The lowest BCUT2D eigenvalue weighted by Crippen LogP contribution is -2.43. The highest BCUT2D eigenvalue weighted by Crippen LogP contribution is 2.39. The minimum Gasteiger partial charge on any atom is -0.379 e. The Balaban J connectivity index is 1.35. The van der Waals surface area contributed by atoms with Gasteiger partial charge in [0.05, 0.1) is 28.8 Å². The maximum atomic E-state index is 13.4. The largest absolute Gasteiger partial charge is 0.379 e. The van der Waals surface area contributed by atoms with Gasteiger partial charge in [0.1, 0.15) is 5.82 Å². The van der Waals surface area contributed by atoms with E-state index < -0.39 is 0 Å². The van der Waals surface area contributed by atoms with Gasteiger partial charge in [-0.1, -0.05) is 30.3 Å². The van der Waals surface area contributed by atoms with Gasteiger partial charge in [-0.2, -0.15) is 0 Å². The molecule has 0 aliphatic carbocycles. The van der Waals surface area contributed by atoms with Gasteiger partial charge in [0.2, 0.25) is 0 Å². The number of ether oxygens (including phenoxy) is 1. The predicted octanol–water partition coefficient (Wildman–Crippen LogP) is 5.06. The molecule has 1 fully saturated rings. The van der Waals surface area contributed by atoms with Crippen molar-refractivity contribution in [3.05, 3.63) is 70.9 Å². The third kappa shape index (κ3) is 3.86. The third-order valence-electron chi connectivity index (χ3n) is 5.47. The maximum absolute atomic E-state index is 13.4. The SMILES string of the molecule is O=C(NC[C@H](c1ccc(F)cc1)N1CCOCC1)c1cc2sc3ccccc3c2s1. The van der Waals surface area contributed by atoms with E-state index in [0.29, 0.717) is 19.8 Å². The van der Waals surface area contributed by atoms with Gasteiger partial charge in [-0.3, -0.25) is 9.69 Å². The number of rotatable bonds is 5. The standard InChI is InChI=1S/C23H21FN2O2S2/c24-16-7-5-15(6-8-16)18(26-9-11-28-12-10-26)14-25-23(27)21-13-20-22(30-21)17-3-1-2-4-19(17)29-20/h1-8,13,18H,9-12,14H2,(H,25,27)/t18-/m1/s1. The number of halogens is 1. The van der Waals surface area contributed by atoms with Crippen molar-refractivity contribution in [3.63, 3.8) is 0 Å². The maximum Gasteiger partial charge on any atom is 0.261 e. The molecule has 2 aromatic heterocycles. The van der Waals surface area contributed by atoms with Crippen LogP contribution in [0.1, 0.15) is 21.3 Å². The second-order valence-electron chi connectivity index (χ2n) is 7.33. The lowest BCUT2D eigenvalue weighted by Gasteiger charge is -2.34. The number of hydrogen-bond donors (Lipinski definition) is 1. The first kappa shape index (κ1) is 19.6. The number of nitrogens with one attached hydrogen (secondary N) is 1. The lowest BCUT2D eigenvalue weighted by atomic mass is 10.0. The van der Waals surface area contributed by atoms with Crippen LogP contribution < -0.4 is 5.32 Å². The molecule has 4 aromatic rings. The number of amides is 1. The number of carbonyl (C=O) groups excluding carboxylic acids is 1. The number of thiophene rings is 2. The molecular formula is C23H21FN2O2S2. The van der Waals surface area contributed by atoms with E-state index in [1.165, 1.54) is 26.9 Å². The fourth-order valence-corrected chi connectivity index (χ4v) is 6.36. The number of nitrogens with zero attached hydrogens (tertiary/aromatic N) is 1. The summed E-state index contributed by atoms with van der Waals surface area (Å²) in [4.78, 5) is 15.9. The van der Waals surface area contributed by atoms with Crippen molar-refractivity contribution in [1.82, 2.24) is 10.2 Å². The third-order valence-corrected chi connectivity index (χ3v) is 7.88. The van der Waals surface area contributed by atoms with Crippen LogP contribution in [0.25, 0.3) is 19.5 Å². The minimum absolute atomic E-state index is 0.0136. The van der Waals surface area contributed by atoms with E-state index >= 15 is 0 Å². The zero-order valence-corrected chi connectivity index (χ0v) is 17.9. The number of hydrogen-bond acceptors (Lipinski definition) is 5. The van der Waals surface area contributed by atoms with E-state index in [4.69, 9.17) is 4.74 Å². The summed E-state index contributed by atoms with van der Waals surface area (Å²) in [5.74, 6) is -0.317. The first-order valence-electron chi connectivity index (χ1n) is 9.95. The van der Waals surface area contributed by atoms with E-state index in [1.54, 1.807) is 34.8 Å². The normalized spacial score (nSPS) is 16.2. The van der Waals surface area contributed by atoms with E-state index in [1.807, 2.05) is 18.2 Å². The Hall–Kier alpha value is -2.32. The summed E-state index contributed by atoms with van der Waals surface area (Å²) in [5.41, 5.74) is 0.997. The highest BCUT2D eigenvalue weighted by molar-refractivity contribution is 7.33. The van der Waals surface area contributed by atoms with Gasteiger partial charge in [-0.15, -0.1) is 22.7 Å². The van der Waals surface area contributed by atoms with Crippen LogP contribution >= 0.6 is 22.7 Å². The van der Waals surface area contributed by atoms with Gasteiger partial charge in [0.25, 0.3) is 5.91 Å². The smallest absolute Gasteiger partial charge is 0.261 e. The highest BCUT2D eigenvalue weighted by atomic mass is 32.1. The Morgan fingerprint density at radius 3 is 2.63 bits per heavy atom. The van der Waals surface area contributed by atoms with Crippen LogP contribution in [-0.2, 0) is 4.74 Å². The van der Waals surface area contributed by atoms with Crippen LogP contribution in [0.15, 0.2) is 54.6 Å². The van der Waals surface area contributed by atoms with Gasteiger partial charge < -0.3 is 10.1 Å². The Kier molecular flexibility index (Phi) is 5.52. The molecule has 5 rings (SSSR count). The molecule has 1 aliphatic rings. The first-order valence-corrected chi connectivity index (χ1v) is 11.6. The molecule has 0 bridgehead atoms. The monoisotopic (exact) mass is 440 g/mol. The van der Waals surface area contributed by atoms with E-state index in [9.17, 15) is 9.18 Å². The van der Waals surface area contributed by atoms with Gasteiger partial charge in [0.15, 0.2) is 0 Å². The number of benzene rings is 2. The Morgan fingerprint density at radius 2 is 1.83 bits per heavy atom. The molecule has 1 aliphatic heterocycles. The number of carbonyl (C=O) groups is 1. The number of fused-ring (bicyclic) bond motifs is 3. The lowest BCUT2D eigenvalue weighted by molar-refractivity contribution is 0.0162. The molecule has 4 nitrogen and oxygen atoms in total. The molecule has 0 radical (unpaired) electrons. The summed E-state index contributed by atoms with van der Waals surface area (Å²) in [5, 5.41) is 4.32. The molecule has 3 heterocycles. The number of morpholine rings is 1. The minimum atomic E-state index is -0.255. The molecule has 1 atom stereocenters. The van der Waals surface area contributed by atoms with Crippen molar-refractivity contribution in [2.45, 2.75) is 6.04 Å². The molecule has 30 heavy (non-hydrogen) atoms. The Labute approximate surface area is 181 Å². The molecule has 0 saturated carbocycles. The van der Waals surface area contributed by atoms with E-state index in [-0.39, 0.29) is 17.8 Å². The van der Waals surface area contributed by atoms with Crippen molar-refractivity contribution >= 4 is 48.1 Å². The zero-order chi connectivity index (χ0) is 20.5. The van der Waals surface area contributed by atoms with Gasteiger partial charge in [-0.05, 0) is 29.8 Å². The topological polar surface area (TPSA) is 41.6 Å². The Morgan fingerprint density at radius 1 is 1.07 bits per heavy atom. The summed E-state index contributed by atoms with van der Waals surface area (Å²) in [6.07, 6.45) is 0. The van der Waals surface area contributed by atoms with E-state index in [0.717, 1.165) is 28.2 Å². The molecular weight excluding hydrogens is 419 g/mol. The van der Waals surface area contributed by atoms with Crippen LogP contribution in [0.5, 0.6) is 0 Å². The van der Waals surface area contributed by atoms with Crippen LogP contribution in [0.4, 0.5) is 4.39 Å². The predicted molar refractivity (Wildman–Crippen MR) is 121 cm³/mol. The average Bonchev–Trinajstić information content (AvgIpc) is 3.34. The van der Waals surface area contributed by atoms with E-state index in [2.05, 4.69) is 22.3 Å². The molecule has 1 saturated heterocycles. The first-order chi connectivity index (χ1) is 14.7. The molecule has 154 valence electrons. The summed E-state index contributed by atoms with van der Waals surface area (Å²) in [6, 6.07) is 16.8. The summed E-state index contributed by atoms with van der Waals surface area (Å²) in [6.45, 7) is 3.38. The zero-order valence-electron chi connectivity index (χ0n) is 16.3. The van der Waals surface area contributed by atoms with Gasteiger partial charge >= 0.3 is 0 Å². The van der Waals surface area contributed by atoms with Gasteiger partial charge in [-0.25, -0.2) is 4.39 Å². The van der Waals surface area contributed by atoms with Crippen LogP contribution in [0, 0.1) is 5.82 Å². The summed E-state index contributed by atoms with van der Waals surface area (Å²) in [7, 11) is 0. The molecule has 0 unspecified atom stereocenters. The van der Waals surface area contributed by atoms with Crippen LogP contribution in [0.3, 0.4) is 0 Å². The van der Waals surface area contributed by atoms with Crippen molar-refractivity contribution in [1.29, 1.82) is 0 Å². The molecule has 1 amide bonds. The molecule has 2 aromatic carbocycles. The van der Waals surface area contributed by atoms with Gasteiger partial charge in [0, 0.05) is 34.4 Å². The summed E-state index contributed by atoms with van der Waals surface area (Å²) >= 11 is 3.26. The average molecular weight is 441 g/mol. The fourth-order valence-electron chi connectivity index (χ4n) is 3.92. The van der Waals surface area contributed by atoms with Crippen LogP contribution in [0.2, 0.25) is 0 Å². The molecule has 0 spiro atoms. The quantitative estimate of drug-likeness (QED) is 0.472. The molecule has 7 heteroatoms. The second-order valence-corrected chi connectivity index (χ2v) is 9.46. The second kappa shape index (κ2) is 8.43. The fraction of sp³-hybridized carbons (Fsp3) is 0.261. The van der Waals surface area contributed by atoms with Crippen LogP contribution in [-0.4, -0.2) is 43.7 Å². The summed E-state index contributed by atoms with van der Waals surface area (Å²) < 4.78 is 22.4. The van der Waals surface area contributed by atoms with Crippen molar-refractivity contribution in [2.75, 3.05) is 32.8 Å². The van der Waals surface area contributed by atoms with Crippen molar-refractivity contribution in [2.24, 2.45) is 0 Å². The Bertz CT molecular complexity index is 1180.